The number of nitrogens with one attached hydrogen (secondary N) is 2. The normalized spacial score (nSPS) is 13.2. The Kier molecular flexibility index (Phi) is 7.54. The lowest BCUT2D eigenvalue weighted by atomic mass is 10.2. The van der Waals surface area contributed by atoms with E-state index in [2.05, 4.69) is 15.4 Å². The van der Waals surface area contributed by atoms with Crippen LogP contribution >= 0.6 is 0 Å². The number of halogens is 3. The standard InChI is InChI=1S/C17H25F3N2O3/c1-5-13(22-15(23)25-16(2,3)4)11-21-10-12-7-6-8-14(9-12)24-17(18,19)20/h6-9,13,21H,5,10-11H2,1-4H3,(H,22,23). The van der Waals surface area contributed by atoms with Crippen molar-refractivity contribution in [2.75, 3.05) is 6.54 Å². The first-order valence-electron chi connectivity index (χ1n) is 8.03. The molecule has 1 aromatic rings. The van der Waals surface area contributed by atoms with Crippen LogP contribution in [0.2, 0.25) is 0 Å². The summed E-state index contributed by atoms with van der Waals surface area (Å²) >= 11 is 0. The van der Waals surface area contributed by atoms with Crippen molar-refractivity contribution in [3.8, 4) is 5.75 Å². The molecule has 0 bridgehead atoms. The number of rotatable bonds is 7. The number of ether oxygens (including phenoxy) is 2. The third kappa shape index (κ3) is 9.81. The molecule has 0 aliphatic carbocycles. The van der Waals surface area contributed by atoms with E-state index in [0.717, 1.165) is 0 Å². The third-order valence-electron chi connectivity index (χ3n) is 3.07. The molecule has 0 saturated heterocycles. The molecular weight excluding hydrogens is 337 g/mol. The maximum Gasteiger partial charge on any atom is 0.573 e. The van der Waals surface area contributed by atoms with E-state index in [9.17, 15) is 18.0 Å². The summed E-state index contributed by atoms with van der Waals surface area (Å²) < 4.78 is 45.8. The first kappa shape index (κ1) is 21.1. The SMILES string of the molecule is CCC(CNCc1cccc(OC(F)(F)F)c1)NC(=O)OC(C)(C)C. The summed E-state index contributed by atoms with van der Waals surface area (Å²) in [7, 11) is 0. The van der Waals surface area contributed by atoms with Gasteiger partial charge in [-0.15, -0.1) is 13.2 Å². The predicted octanol–water partition coefficient (Wildman–Crippen LogP) is 3.98. The first-order valence-corrected chi connectivity index (χ1v) is 8.03. The molecule has 0 aliphatic rings. The van der Waals surface area contributed by atoms with Crippen molar-refractivity contribution in [3.05, 3.63) is 29.8 Å². The molecule has 0 spiro atoms. The van der Waals surface area contributed by atoms with E-state index in [1.807, 2.05) is 6.92 Å². The van der Waals surface area contributed by atoms with Crippen molar-refractivity contribution in [1.29, 1.82) is 0 Å². The highest BCUT2D eigenvalue weighted by Gasteiger charge is 2.31. The van der Waals surface area contributed by atoms with Crippen LogP contribution in [-0.2, 0) is 11.3 Å². The molecule has 8 heteroatoms. The maximum atomic E-state index is 12.2. The minimum Gasteiger partial charge on any atom is -0.444 e. The molecule has 1 amide bonds. The van der Waals surface area contributed by atoms with Gasteiger partial charge >= 0.3 is 12.5 Å². The molecule has 0 radical (unpaired) electrons. The molecule has 2 N–H and O–H groups in total. The summed E-state index contributed by atoms with van der Waals surface area (Å²) in [5.74, 6) is -0.259. The fraction of sp³-hybridized carbons (Fsp3) is 0.588. The van der Waals surface area contributed by atoms with Crippen LogP contribution in [0.4, 0.5) is 18.0 Å². The van der Waals surface area contributed by atoms with Gasteiger partial charge in [0, 0.05) is 19.1 Å². The van der Waals surface area contributed by atoms with Gasteiger partial charge in [-0.1, -0.05) is 19.1 Å². The molecule has 1 atom stereocenters. The maximum absolute atomic E-state index is 12.2. The Morgan fingerprint density at radius 2 is 1.92 bits per heavy atom. The third-order valence-corrected chi connectivity index (χ3v) is 3.07. The van der Waals surface area contributed by atoms with Crippen LogP contribution in [-0.4, -0.2) is 30.6 Å². The molecule has 142 valence electrons. The van der Waals surface area contributed by atoms with Crippen LogP contribution in [0.25, 0.3) is 0 Å². The Morgan fingerprint density at radius 1 is 1.24 bits per heavy atom. The monoisotopic (exact) mass is 362 g/mol. The number of hydrogen-bond donors (Lipinski definition) is 2. The Balaban J connectivity index is 2.47. The van der Waals surface area contributed by atoms with Crippen molar-refractivity contribution in [3.63, 3.8) is 0 Å². The second-order valence-corrected chi connectivity index (χ2v) is 6.58. The van der Waals surface area contributed by atoms with Gasteiger partial charge in [-0.2, -0.15) is 0 Å². The van der Waals surface area contributed by atoms with Gasteiger partial charge in [0.05, 0.1) is 0 Å². The van der Waals surface area contributed by atoms with Crippen LogP contribution < -0.4 is 15.4 Å². The van der Waals surface area contributed by atoms with E-state index in [1.165, 1.54) is 18.2 Å². The van der Waals surface area contributed by atoms with Crippen molar-refractivity contribution in [1.82, 2.24) is 10.6 Å². The van der Waals surface area contributed by atoms with Gasteiger partial charge < -0.3 is 20.1 Å². The Bertz CT molecular complexity index is 557. The first-order chi connectivity index (χ1) is 11.5. The van der Waals surface area contributed by atoms with Gasteiger partial charge in [-0.3, -0.25) is 0 Å². The zero-order valence-corrected chi connectivity index (χ0v) is 14.9. The molecule has 0 aromatic heterocycles. The summed E-state index contributed by atoms with van der Waals surface area (Å²) in [4.78, 5) is 11.8. The van der Waals surface area contributed by atoms with Gasteiger partial charge in [-0.05, 0) is 44.9 Å². The van der Waals surface area contributed by atoms with Crippen LogP contribution in [0.15, 0.2) is 24.3 Å². The lowest BCUT2D eigenvalue weighted by Crippen LogP contribution is -2.43. The van der Waals surface area contributed by atoms with Gasteiger partial charge in [0.25, 0.3) is 0 Å². The van der Waals surface area contributed by atoms with Crippen molar-refractivity contribution >= 4 is 6.09 Å². The topological polar surface area (TPSA) is 59.6 Å². The number of alkyl halides is 3. The molecule has 1 aromatic carbocycles. The summed E-state index contributed by atoms with van der Waals surface area (Å²) in [6.45, 7) is 8.06. The highest BCUT2D eigenvalue weighted by molar-refractivity contribution is 5.68. The minimum atomic E-state index is -4.71. The van der Waals surface area contributed by atoms with Crippen LogP contribution in [0.3, 0.4) is 0 Å². The number of carbonyl (C=O) groups excluding carboxylic acids is 1. The summed E-state index contributed by atoms with van der Waals surface area (Å²) in [5.41, 5.74) is 0.0724. The van der Waals surface area contributed by atoms with Crippen LogP contribution in [0.5, 0.6) is 5.75 Å². The van der Waals surface area contributed by atoms with E-state index >= 15 is 0 Å². The van der Waals surface area contributed by atoms with Gasteiger partial charge in [0.15, 0.2) is 0 Å². The van der Waals surface area contributed by atoms with Gasteiger partial charge in [0.1, 0.15) is 11.4 Å². The summed E-state index contributed by atoms with van der Waals surface area (Å²) in [6, 6.07) is 5.61. The lowest BCUT2D eigenvalue weighted by Gasteiger charge is -2.23. The Morgan fingerprint density at radius 3 is 2.48 bits per heavy atom. The molecule has 0 aliphatic heterocycles. The number of carbonyl (C=O) groups is 1. The Labute approximate surface area is 145 Å². The van der Waals surface area contributed by atoms with Gasteiger partial charge in [0.2, 0.25) is 0 Å². The molecule has 5 nitrogen and oxygen atoms in total. The quantitative estimate of drug-likeness (QED) is 0.770. The molecule has 0 fully saturated rings. The summed E-state index contributed by atoms with van der Waals surface area (Å²) in [5, 5.41) is 5.86. The summed E-state index contributed by atoms with van der Waals surface area (Å²) in [6.07, 6.45) is -4.53. The molecule has 0 saturated carbocycles. The number of amides is 1. The Hall–Kier alpha value is -1.96. The molecule has 25 heavy (non-hydrogen) atoms. The molecule has 1 rings (SSSR count). The number of alkyl carbamates (subject to hydrolysis) is 1. The van der Waals surface area contributed by atoms with E-state index in [1.54, 1.807) is 26.8 Å². The highest BCUT2D eigenvalue weighted by atomic mass is 19.4. The van der Waals surface area contributed by atoms with E-state index < -0.39 is 18.1 Å². The average Bonchev–Trinajstić information content (AvgIpc) is 2.42. The fourth-order valence-corrected chi connectivity index (χ4v) is 2.01. The smallest absolute Gasteiger partial charge is 0.444 e. The largest absolute Gasteiger partial charge is 0.573 e. The molecule has 0 heterocycles. The van der Waals surface area contributed by atoms with Crippen molar-refractivity contribution in [2.45, 2.75) is 58.7 Å². The molecular formula is C17H25F3N2O3. The zero-order valence-electron chi connectivity index (χ0n) is 14.9. The number of hydrogen-bond acceptors (Lipinski definition) is 4. The van der Waals surface area contributed by atoms with E-state index in [-0.39, 0.29) is 11.8 Å². The second kappa shape index (κ2) is 8.94. The predicted molar refractivity (Wildman–Crippen MR) is 88.3 cm³/mol. The van der Waals surface area contributed by atoms with E-state index in [0.29, 0.717) is 25.1 Å². The lowest BCUT2D eigenvalue weighted by molar-refractivity contribution is -0.274. The highest BCUT2D eigenvalue weighted by Crippen LogP contribution is 2.23. The van der Waals surface area contributed by atoms with Crippen molar-refractivity contribution in [2.24, 2.45) is 0 Å². The molecule has 1 unspecified atom stereocenters. The average molecular weight is 362 g/mol. The van der Waals surface area contributed by atoms with Crippen molar-refractivity contribution < 1.29 is 27.4 Å². The van der Waals surface area contributed by atoms with Gasteiger partial charge in [-0.25, -0.2) is 4.79 Å². The fourth-order valence-electron chi connectivity index (χ4n) is 2.01. The zero-order chi connectivity index (χ0) is 19.1. The number of benzene rings is 1. The van der Waals surface area contributed by atoms with E-state index in [4.69, 9.17) is 4.74 Å². The minimum absolute atomic E-state index is 0.149. The van der Waals surface area contributed by atoms with Crippen LogP contribution in [0, 0.1) is 0 Å². The second-order valence-electron chi connectivity index (χ2n) is 6.58. The van der Waals surface area contributed by atoms with Crippen LogP contribution in [0.1, 0.15) is 39.7 Å².